The summed E-state index contributed by atoms with van der Waals surface area (Å²) >= 11 is 0. The van der Waals surface area contributed by atoms with E-state index >= 15 is 0 Å². The van der Waals surface area contributed by atoms with E-state index in [4.69, 9.17) is 23.7 Å². The Morgan fingerprint density at radius 2 is 1.67 bits per heavy atom. The van der Waals surface area contributed by atoms with Crippen LogP contribution in [0.2, 0.25) is 0 Å². The number of nitrogens with zero attached hydrogens (tertiary/aromatic N) is 2. The Morgan fingerprint density at radius 3 is 2.29 bits per heavy atom. The third-order valence-electron chi connectivity index (χ3n) is 8.13. The van der Waals surface area contributed by atoms with E-state index in [2.05, 4.69) is 4.98 Å². The molecular formula is C31H28N2O9. The van der Waals surface area contributed by atoms with E-state index in [1.807, 2.05) is 0 Å². The summed E-state index contributed by atoms with van der Waals surface area (Å²) in [5, 5.41) is 25.0. The van der Waals surface area contributed by atoms with Gasteiger partial charge in [-0.3, -0.25) is 4.79 Å². The summed E-state index contributed by atoms with van der Waals surface area (Å²) in [5.74, 6) is -2.26. The van der Waals surface area contributed by atoms with Gasteiger partial charge in [0.1, 0.15) is 35.4 Å². The minimum atomic E-state index is -2.27. The molecule has 11 nitrogen and oxygen atoms in total. The molecule has 0 bridgehead atoms. The van der Waals surface area contributed by atoms with Crippen LogP contribution in [-0.4, -0.2) is 59.3 Å². The van der Waals surface area contributed by atoms with E-state index < -0.39 is 41.2 Å². The summed E-state index contributed by atoms with van der Waals surface area (Å²) < 4.78 is 29.4. The van der Waals surface area contributed by atoms with E-state index in [-0.39, 0.29) is 17.1 Å². The van der Waals surface area contributed by atoms with E-state index in [1.54, 1.807) is 66.7 Å². The van der Waals surface area contributed by atoms with Crippen LogP contribution in [-0.2, 0) is 20.7 Å². The lowest BCUT2D eigenvalue weighted by atomic mass is 9.70. The molecular weight excluding hydrogens is 544 g/mol. The van der Waals surface area contributed by atoms with Crippen LogP contribution in [0.4, 0.5) is 4.79 Å². The van der Waals surface area contributed by atoms with Crippen LogP contribution in [0, 0.1) is 5.92 Å². The lowest BCUT2D eigenvalue weighted by molar-refractivity contribution is -0.159. The van der Waals surface area contributed by atoms with E-state index in [9.17, 15) is 19.8 Å². The van der Waals surface area contributed by atoms with Crippen LogP contribution < -0.4 is 18.9 Å². The highest BCUT2D eigenvalue weighted by atomic mass is 16.6. The second-order valence-electron chi connectivity index (χ2n) is 10.1. The molecule has 0 radical (unpaired) electrons. The molecule has 2 aliphatic rings. The molecule has 216 valence electrons. The van der Waals surface area contributed by atoms with Gasteiger partial charge in [-0.25, -0.2) is 14.3 Å². The second kappa shape index (κ2) is 10.2. The average molecular weight is 573 g/mol. The van der Waals surface area contributed by atoms with E-state index in [1.165, 1.54) is 40.1 Å². The van der Waals surface area contributed by atoms with Gasteiger partial charge in [0.2, 0.25) is 0 Å². The molecule has 1 aliphatic heterocycles. The van der Waals surface area contributed by atoms with Gasteiger partial charge in [0.25, 0.3) is 0 Å². The van der Waals surface area contributed by atoms with Gasteiger partial charge in [-0.2, -0.15) is 0 Å². The van der Waals surface area contributed by atoms with Crippen molar-refractivity contribution in [2.24, 2.45) is 5.92 Å². The fourth-order valence-electron chi connectivity index (χ4n) is 6.34. The standard InChI is InChI=1S/C31H28N2O9/c1-38-20-11-9-19(10-12-20)31-25(18-7-5-4-6-8-18)24(28(35)41-29(36)33-14-13-32-17-33)27(34)30(31,37)26-22(40-3)15-21(39-2)16-23(26)42-31/h4-17,24-25,27,34,37H,1-3H3/t24-,25-,27-,30+,31+/m1/s1. The predicted molar refractivity (Wildman–Crippen MR) is 147 cm³/mol. The topological polar surface area (TPSA) is 139 Å². The fourth-order valence-corrected chi connectivity index (χ4v) is 6.34. The Kier molecular flexibility index (Phi) is 6.63. The summed E-state index contributed by atoms with van der Waals surface area (Å²) in [7, 11) is 4.42. The number of carbonyl (C=O) groups excluding carboxylic acids is 2. The number of carbonyl (C=O) groups is 2. The van der Waals surface area contributed by atoms with Gasteiger partial charge < -0.3 is 33.9 Å². The number of methoxy groups -OCH3 is 3. The minimum absolute atomic E-state index is 0.131. The number of aliphatic hydroxyl groups excluding tert-OH is 1. The van der Waals surface area contributed by atoms with E-state index in [0.717, 1.165) is 4.57 Å². The Hall–Kier alpha value is -4.87. The first-order chi connectivity index (χ1) is 20.3. The van der Waals surface area contributed by atoms with Crippen molar-refractivity contribution in [3.8, 4) is 23.0 Å². The van der Waals surface area contributed by atoms with Crippen molar-refractivity contribution in [3.05, 3.63) is 102 Å². The highest BCUT2D eigenvalue weighted by molar-refractivity contribution is 5.89. The number of hydrogen-bond donors (Lipinski definition) is 2. The third-order valence-corrected chi connectivity index (χ3v) is 8.13. The summed E-state index contributed by atoms with van der Waals surface area (Å²) in [6, 6.07) is 18.8. The smallest absolute Gasteiger partial charge is 0.427 e. The number of ether oxygens (including phenoxy) is 5. The zero-order chi connectivity index (χ0) is 29.6. The van der Waals surface area contributed by atoms with Crippen molar-refractivity contribution >= 4 is 12.1 Å². The summed E-state index contributed by atoms with van der Waals surface area (Å²) in [5.41, 5.74) is -2.95. The Labute approximate surface area is 240 Å². The number of hydrogen-bond acceptors (Lipinski definition) is 10. The van der Waals surface area contributed by atoms with Crippen LogP contribution in [0.25, 0.3) is 0 Å². The Bertz CT molecular complexity index is 1620. The zero-order valence-electron chi connectivity index (χ0n) is 23.0. The van der Waals surface area contributed by atoms with Crippen LogP contribution in [0.5, 0.6) is 23.0 Å². The first-order valence-electron chi connectivity index (χ1n) is 13.1. The van der Waals surface area contributed by atoms with Gasteiger partial charge in [-0.1, -0.05) is 42.5 Å². The lowest BCUT2D eigenvalue weighted by Crippen LogP contribution is -2.52. The molecule has 0 saturated heterocycles. The van der Waals surface area contributed by atoms with Crippen LogP contribution >= 0.6 is 0 Å². The number of benzene rings is 3. The number of fused-ring (bicyclic) bond motifs is 3. The van der Waals surface area contributed by atoms with Gasteiger partial charge in [0, 0.05) is 30.4 Å². The summed E-state index contributed by atoms with van der Waals surface area (Å²) in [4.78, 5) is 30.5. The first kappa shape index (κ1) is 27.3. The molecule has 0 amide bonds. The Morgan fingerprint density at radius 1 is 0.952 bits per heavy atom. The van der Waals surface area contributed by atoms with Gasteiger partial charge in [0.05, 0.1) is 32.8 Å². The Balaban J connectivity index is 1.61. The van der Waals surface area contributed by atoms with Crippen molar-refractivity contribution in [2.75, 3.05) is 21.3 Å². The molecule has 11 heteroatoms. The molecule has 0 spiro atoms. The quantitative estimate of drug-likeness (QED) is 0.261. The molecule has 1 fully saturated rings. The second-order valence-corrected chi connectivity index (χ2v) is 10.1. The van der Waals surface area contributed by atoms with Crippen molar-refractivity contribution in [1.82, 2.24) is 9.55 Å². The molecule has 0 unspecified atom stereocenters. The van der Waals surface area contributed by atoms with Crippen LogP contribution in [0.1, 0.15) is 22.6 Å². The number of esters is 1. The maximum atomic E-state index is 13.9. The van der Waals surface area contributed by atoms with Crippen molar-refractivity contribution < 1.29 is 43.5 Å². The maximum absolute atomic E-state index is 13.9. The molecule has 3 aromatic carbocycles. The molecule has 6 rings (SSSR count). The largest absolute Gasteiger partial charge is 0.497 e. The maximum Gasteiger partial charge on any atom is 0.427 e. The summed E-state index contributed by atoms with van der Waals surface area (Å²) in [6.07, 6.45) is 1.04. The molecule has 4 aromatic rings. The molecule has 1 aromatic heterocycles. The number of rotatable bonds is 6. The fraction of sp³-hybridized carbons (Fsp3) is 0.258. The number of aliphatic hydroxyl groups is 2. The molecule has 42 heavy (non-hydrogen) atoms. The SMILES string of the molecule is COc1ccc([C@@]23Oc4cc(OC)cc(OC)c4[C@]2(O)[C@H](O)[C@H](C(=O)OC(=O)n2ccnc2)[C@H]3c2ccccc2)cc1. The number of imidazole rings is 1. The van der Waals surface area contributed by atoms with Gasteiger partial charge in [-0.15, -0.1) is 0 Å². The lowest BCUT2D eigenvalue weighted by Gasteiger charge is -2.40. The highest BCUT2D eigenvalue weighted by Crippen LogP contribution is 2.70. The van der Waals surface area contributed by atoms with Crippen molar-refractivity contribution in [2.45, 2.75) is 23.2 Å². The van der Waals surface area contributed by atoms with Gasteiger partial charge in [0.15, 0.2) is 11.2 Å². The predicted octanol–water partition coefficient (Wildman–Crippen LogP) is 3.37. The molecule has 2 N–H and O–H groups in total. The first-order valence-corrected chi connectivity index (χ1v) is 13.1. The summed E-state index contributed by atoms with van der Waals surface area (Å²) in [6.45, 7) is 0. The van der Waals surface area contributed by atoms with Gasteiger partial charge >= 0.3 is 12.1 Å². The average Bonchev–Trinajstić information content (AvgIpc) is 3.70. The normalized spacial score (nSPS) is 25.6. The molecule has 1 aliphatic carbocycles. The van der Waals surface area contributed by atoms with Crippen LogP contribution in [0.15, 0.2) is 85.5 Å². The van der Waals surface area contributed by atoms with Gasteiger partial charge in [-0.05, 0) is 23.3 Å². The zero-order valence-corrected chi connectivity index (χ0v) is 23.0. The monoisotopic (exact) mass is 572 g/mol. The number of aromatic nitrogens is 2. The third kappa shape index (κ3) is 3.77. The molecule has 5 atom stereocenters. The highest BCUT2D eigenvalue weighted by Gasteiger charge is 2.78. The van der Waals surface area contributed by atoms with Crippen molar-refractivity contribution in [1.29, 1.82) is 0 Å². The van der Waals surface area contributed by atoms with E-state index in [0.29, 0.717) is 22.6 Å². The van der Waals surface area contributed by atoms with Crippen molar-refractivity contribution in [3.63, 3.8) is 0 Å². The minimum Gasteiger partial charge on any atom is -0.497 e. The molecule has 2 heterocycles. The van der Waals surface area contributed by atoms with Crippen LogP contribution in [0.3, 0.4) is 0 Å². The molecule has 1 saturated carbocycles.